The van der Waals surface area contributed by atoms with Gasteiger partial charge in [-0.3, -0.25) is 9.59 Å². The van der Waals surface area contributed by atoms with Crippen LogP contribution in [0.1, 0.15) is 36.4 Å². The molecule has 6 nitrogen and oxygen atoms in total. The number of carbonyl (C=O) groups excluding carboxylic acids is 2. The molecule has 0 fully saturated rings. The molecule has 1 atom stereocenters. The summed E-state index contributed by atoms with van der Waals surface area (Å²) in [5, 5.41) is 10.4. The van der Waals surface area contributed by atoms with E-state index >= 15 is 0 Å². The lowest BCUT2D eigenvalue weighted by atomic mass is 9.82. The fourth-order valence-electron chi connectivity index (χ4n) is 3.76. The van der Waals surface area contributed by atoms with E-state index in [4.69, 9.17) is 21.1 Å². The SMILES string of the molecule is COc1cc2c(cc1OC)[C@H](C1=C(O)CCCC1=O)N(C(=O)CCl)CC2. The summed E-state index contributed by atoms with van der Waals surface area (Å²) in [5.74, 6) is 0.585. The third-order valence-electron chi connectivity index (χ3n) is 5.01. The Hall–Kier alpha value is -2.21. The first kappa shape index (κ1) is 18.6. The summed E-state index contributed by atoms with van der Waals surface area (Å²) in [7, 11) is 3.10. The van der Waals surface area contributed by atoms with E-state index in [2.05, 4.69) is 0 Å². The molecule has 2 aliphatic rings. The Morgan fingerprint density at radius 2 is 1.92 bits per heavy atom. The van der Waals surface area contributed by atoms with Gasteiger partial charge in [0.05, 0.1) is 25.8 Å². The highest BCUT2D eigenvalue weighted by atomic mass is 35.5. The molecule has 1 aliphatic heterocycles. The zero-order valence-electron chi connectivity index (χ0n) is 14.9. The Labute approximate surface area is 157 Å². The molecule has 1 aromatic rings. The molecule has 0 spiro atoms. The number of aliphatic hydroxyl groups is 1. The fourth-order valence-corrected chi connectivity index (χ4v) is 3.91. The van der Waals surface area contributed by atoms with Crippen LogP contribution in [0.25, 0.3) is 0 Å². The number of Topliss-reactive ketones (excluding diaryl/α,β-unsaturated/α-hetero) is 1. The summed E-state index contributed by atoms with van der Waals surface area (Å²) < 4.78 is 10.8. The molecule has 3 rings (SSSR count). The number of methoxy groups -OCH3 is 2. The van der Waals surface area contributed by atoms with Crippen molar-refractivity contribution in [1.82, 2.24) is 4.90 Å². The van der Waals surface area contributed by atoms with E-state index in [1.165, 1.54) is 7.11 Å². The second-order valence-corrected chi connectivity index (χ2v) is 6.68. The first-order chi connectivity index (χ1) is 12.5. The van der Waals surface area contributed by atoms with Crippen molar-refractivity contribution in [3.8, 4) is 11.5 Å². The summed E-state index contributed by atoms with van der Waals surface area (Å²) in [5.41, 5.74) is 2.02. The molecule has 0 radical (unpaired) electrons. The van der Waals surface area contributed by atoms with Gasteiger partial charge in [-0.2, -0.15) is 0 Å². The summed E-state index contributed by atoms with van der Waals surface area (Å²) in [6, 6.07) is 3.00. The number of amides is 1. The number of nitrogens with zero attached hydrogens (tertiary/aromatic N) is 1. The van der Waals surface area contributed by atoms with Crippen LogP contribution in [-0.2, 0) is 16.0 Å². The maximum atomic E-state index is 12.6. The molecule has 26 heavy (non-hydrogen) atoms. The van der Waals surface area contributed by atoms with Crippen LogP contribution < -0.4 is 9.47 Å². The Kier molecular flexibility index (Phi) is 5.41. The van der Waals surface area contributed by atoms with Crippen molar-refractivity contribution in [1.29, 1.82) is 0 Å². The van der Waals surface area contributed by atoms with E-state index in [1.807, 2.05) is 6.07 Å². The molecule has 0 saturated heterocycles. The zero-order valence-corrected chi connectivity index (χ0v) is 15.6. The quantitative estimate of drug-likeness (QED) is 0.814. The number of halogens is 1. The van der Waals surface area contributed by atoms with Gasteiger partial charge in [0.2, 0.25) is 5.91 Å². The highest BCUT2D eigenvalue weighted by Gasteiger charge is 2.39. The van der Waals surface area contributed by atoms with Crippen molar-refractivity contribution in [2.45, 2.75) is 31.7 Å². The third-order valence-corrected chi connectivity index (χ3v) is 5.24. The number of benzene rings is 1. The summed E-state index contributed by atoms with van der Waals surface area (Å²) >= 11 is 5.80. The van der Waals surface area contributed by atoms with Crippen molar-refractivity contribution in [2.75, 3.05) is 26.6 Å². The van der Waals surface area contributed by atoms with Crippen LogP contribution in [0.2, 0.25) is 0 Å². The Morgan fingerprint density at radius 1 is 1.23 bits per heavy atom. The number of rotatable bonds is 4. The van der Waals surface area contributed by atoms with E-state index < -0.39 is 6.04 Å². The second kappa shape index (κ2) is 7.58. The molecule has 1 aliphatic carbocycles. The van der Waals surface area contributed by atoms with Crippen LogP contribution in [0.15, 0.2) is 23.5 Å². The topological polar surface area (TPSA) is 76.1 Å². The van der Waals surface area contributed by atoms with Crippen molar-refractivity contribution in [2.24, 2.45) is 0 Å². The number of carbonyl (C=O) groups is 2. The minimum atomic E-state index is -0.655. The number of aliphatic hydroxyl groups excluding tert-OH is 1. The van der Waals surface area contributed by atoms with Crippen LogP contribution in [0, 0.1) is 0 Å². The molecule has 0 saturated carbocycles. The number of fused-ring (bicyclic) bond motifs is 1. The first-order valence-electron chi connectivity index (χ1n) is 8.57. The molecule has 1 amide bonds. The van der Waals surface area contributed by atoms with Crippen LogP contribution >= 0.6 is 11.6 Å². The minimum Gasteiger partial charge on any atom is -0.512 e. The van der Waals surface area contributed by atoms with Crippen LogP contribution in [0.3, 0.4) is 0 Å². The van der Waals surface area contributed by atoms with Gasteiger partial charge in [0.25, 0.3) is 0 Å². The summed E-state index contributed by atoms with van der Waals surface area (Å²) in [6.45, 7) is 0.419. The highest BCUT2D eigenvalue weighted by Crippen LogP contribution is 2.43. The number of alkyl halides is 1. The zero-order chi connectivity index (χ0) is 18.8. The van der Waals surface area contributed by atoms with Gasteiger partial charge in [-0.25, -0.2) is 0 Å². The molecule has 1 heterocycles. The highest BCUT2D eigenvalue weighted by molar-refractivity contribution is 6.27. The predicted octanol–water partition coefficient (Wildman–Crippen LogP) is 2.93. The van der Waals surface area contributed by atoms with E-state index in [9.17, 15) is 14.7 Å². The number of hydrogen-bond acceptors (Lipinski definition) is 5. The minimum absolute atomic E-state index is 0.0567. The molecule has 1 N–H and O–H groups in total. The third kappa shape index (κ3) is 3.14. The predicted molar refractivity (Wildman–Crippen MR) is 96.9 cm³/mol. The number of ether oxygens (including phenoxy) is 2. The average molecular weight is 380 g/mol. The molecule has 0 aromatic heterocycles. The Balaban J connectivity index is 2.20. The van der Waals surface area contributed by atoms with Crippen molar-refractivity contribution in [3.05, 3.63) is 34.6 Å². The monoisotopic (exact) mass is 379 g/mol. The van der Waals surface area contributed by atoms with E-state index in [1.54, 1.807) is 18.1 Å². The molecule has 0 unspecified atom stereocenters. The lowest BCUT2D eigenvalue weighted by Gasteiger charge is -2.39. The molecule has 7 heteroatoms. The van der Waals surface area contributed by atoms with E-state index in [0.29, 0.717) is 49.3 Å². The smallest absolute Gasteiger partial charge is 0.238 e. The molecule has 0 bridgehead atoms. The largest absolute Gasteiger partial charge is 0.512 e. The first-order valence-corrected chi connectivity index (χ1v) is 9.10. The van der Waals surface area contributed by atoms with Crippen molar-refractivity contribution < 1.29 is 24.2 Å². The summed E-state index contributed by atoms with van der Waals surface area (Å²) in [4.78, 5) is 26.6. The lowest BCUT2D eigenvalue weighted by Crippen LogP contribution is -2.43. The maximum absolute atomic E-state index is 12.6. The Morgan fingerprint density at radius 3 is 2.54 bits per heavy atom. The number of ketones is 1. The van der Waals surface area contributed by atoms with Gasteiger partial charge in [0.15, 0.2) is 17.3 Å². The lowest BCUT2D eigenvalue weighted by molar-refractivity contribution is -0.131. The second-order valence-electron chi connectivity index (χ2n) is 6.42. The van der Waals surface area contributed by atoms with Gasteiger partial charge in [0, 0.05) is 19.4 Å². The molecular weight excluding hydrogens is 358 g/mol. The van der Waals surface area contributed by atoms with Crippen LogP contribution in [-0.4, -0.2) is 48.3 Å². The van der Waals surface area contributed by atoms with Crippen molar-refractivity contribution in [3.63, 3.8) is 0 Å². The van der Waals surface area contributed by atoms with Gasteiger partial charge < -0.3 is 19.5 Å². The molecule has 140 valence electrons. The standard InChI is InChI=1S/C19H22ClNO5/c1-25-15-8-11-6-7-21(17(24)10-20)19(12(11)9-16(15)26-2)18-13(22)4-3-5-14(18)23/h8-9,19,22H,3-7,10H2,1-2H3/t19-/m1/s1. The van der Waals surface area contributed by atoms with Crippen LogP contribution in [0.5, 0.6) is 11.5 Å². The number of hydrogen-bond donors (Lipinski definition) is 1. The normalized spacial score (nSPS) is 20.0. The van der Waals surface area contributed by atoms with Gasteiger partial charge in [-0.05, 0) is 36.1 Å². The fraction of sp³-hybridized carbons (Fsp3) is 0.474. The molecular formula is C19H22ClNO5. The van der Waals surface area contributed by atoms with Crippen LogP contribution in [0.4, 0.5) is 0 Å². The van der Waals surface area contributed by atoms with Gasteiger partial charge in [-0.1, -0.05) is 0 Å². The summed E-state index contributed by atoms with van der Waals surface area (Å²) in [6.07, 6.45) is 2.02. The number of allylic oxidation sites excluding steroid dienone is 1. The van der Waals surface area contributed by atoms with Gasteiger partial charge in [-0.15, -0.1) is 11.6 Å². The van der Waals surface area contributed by atoms with Gasteiger partial charge in [0.1, 0.15) is 11.6 Å². The van der Waals surface area contributed by atoms with E-state index in [-0.39, 0.29) is 23.3 Å². The van der Waals surface area contributed by atoms with Gasteiger partial charge >= 0.3 is 0 Å². The Bertz CT molecular complexity index is 773. The van der Waals surface area contributed by atoms with Crippen molar-refractivity contribution >= 4 is 23.3 Å². The average Bonchev–Trinajstić information content (AvgIpc) is 2.66. The molecule has 1 aromatic carbocycles. The van der Waals surface area contributed by atoms with E-state index in [0.717, 1.165) is 11.1 Å². The maximum Gasteiger partial charge on any atom is 0.238 e.